The number of amides is 4. The summed E-state index contributed by atoms with van der Waals surface area (Å²) in [5, 5.41) is 16.9. The van der Waals surface area contributed by atoms with E-state index in [4.69, 9.17) is 11.5 Å². The number of nitrogens with two attached hydrogens (primary N) is 2. The fourth-order valence-corrected chi connectivity index (χ4v) is 3.34. The number of carbonyl (C=O) groups excluding carboxylic acids is 4. The monoisotopic (exact) mass is 489 g/mol. The summed E-state index contributed by atoms with van der Waals surface area (Å²) < 4.78 is 0. The quantitative estimate of drug-likeness (QED) is 0.168. The first-order chi connectivity index (χ1) is 15.3. The molecule has 0 unspecified atom stereocenters. The van der Waals surface area contributed by atoms with Gasteiger partial charge in [0.1, 0.15) is 18.1 Å². The standard InChI is InChI=1S/C21H39N5O6S/c1-11(2)10-15(26-20(30)17(23)12(3)4)19(29)24-13(6-7-16(22)27)18(28)25-14(21(31)32)8-9-33-5/h11-15,17H,6-10,23H2,1-5H3,(H2,22,27)(H,24,29)(H,25,28)(H,26,30)(H,31,32)/t13-,14-,15-,17-/m0/s1. The zero-order valence-corrected chi connectivity index (χ0v) is 20.9. The second-order valence-electron chi connectivity index (χ2n) is 8.71. The maximum absolute atomic E-state index is 13.0. The molecule has 0 spiro atoms. The van der Waals surface area contributed by atoms with Gasteiger partial charge in [0.15, 0.2) is 0 Å². The van der Waals surface area contributed by atoms with Crippen LogP contribution in [0.15, 0.2) is 0 Å². The highest BCUT2D eigenvalue weighted by Gasteiger charge is 2.31. The molecule has 0 aromatic rings. The molecule has 0 saturated heterocycles. The first-order valence-corrected chi connectivity index (χ1v) is 12.4. The third-order valence-electron chi connectivity index (χ3n) is 4.90. The van der Waals surface area contributed by atoms with Gasteiger partial charge in [-0.25, -0.2) is 4.79 Å². The second kappa shape index (κ2) is 15.5. The molecular formula is C21H39N5O6S. The van der Waals surface area contributed by atoms with Gasteiger partial charge in [0, 0.05) is 6.42 Å². The highest BCUT2D eigenvalue weighted by atomic mass is 32.2. The van der Waals surface area contributed by atoms with Gasteiger partial charge in [0.25, 0.3) is 0 Å². The number of carboxylic acids is 1. The van der Waals surface area contributed by atoms with Crippen LogP contribution in [0.1, 0.15) is 53.4 Å². The van der Waals surface area contributed by atoms with Gasteiger partial charge in [-0.15, -0.1) is 0 Å². The van der Waals surface area contributed by atoms with E-state index in [1.807, 2.05) is 20.1 Å². The minimum atomic E-state index is -1.20. The lowest BCUT2D eigenvalue weighted by Crippen LogP contribution is -2.57. The van der Waals surface area contributed by atoms with Crippen molar-refractivity contribution in [1.29, 1.82) is 0 Å². The largest absolute Gasteiger partial charge is 0.480 e. The minimum absolute atomic E-state index is 0.0390. The summed E-state index contributed by atoms with van der Waals surface area (Å²) in [6, 6.07) is -4.12. The maximum atomic E-state index is 13.0. The topological polar surface area (TPSA) is 194 Å². The Morgan fingerprint density at radius 3 is 1.82 bits per heavy atom. The summed E-state index contributed by atoms with van der Waals surface area (Å²) in [5.74, 6) is -3.34. The van der Waals surface area contributed by atoms with Crippen LogP contribution < -0.4 is 27.4 Å². The highest BCUT2D eigenvalue weighted by molar-refractivity contribution is 7.98. The Hall–Kier alpha value is -2.34. The molecule has 0 aromatic carbocycles. The van der Waals surface area contributed by atoms with E-state index in [9.17, 15) is 29.1 Å². The number of aliphatic carboxylic acids is 1. The lowest BCUT2D eigenvalue weighted by Gasteiger charge is -2.26. The minimum Gasteiger partial charge on any atom is -0.480 e. The third kappa shape index (κ3) is 12.5. The Morgan fingerprint density at radius 1 is 0.848 bits per heavy atom. The molecule has 0 bridgehead atoms. The summed E-state index contributed by atoms with van der Waals surface area (Å²) >= 11 is 1.43. The van der Waals surface area contributed by atoms with Gasteiger partial charge in [-0.2, -0.15) is 11.8 Å². The molecular weight excluding hydrogens is 450 g/mol. The van der Waals surface area contributed by atoms with Crippen LogP contribution in [0.5, 0.6) is 0 Å². The van der Waals surface area contributed by atoms with E-state index in [-0.39, 0.29) is 37.5 Å². The van der Waals surface area contributed by atoms with Crippen molar-refractivity contribution < 1.29 is 29.1 Å². The predicted molar refractivity (Wildman–Crippen MR) is 127 cm³/mol. The SMILES string of the molecule is CSCC[C@H](NC(=O)[C@H](CCC(N)=O)NC(=O)[C@H](CC(C)C)NC(=O)[C@@H](N)C(C)C)C(=O)O. The molecule has 0 radical (unpaired) electrons. The zero-order valence-electron chi connectivity index (χ0n) is 20.1. The molecule has 0 aliphatic carbocycles. The van der Waals surface area contributed by atoms with E-state index < -0.39 is 53.8 Å². The molecule has 0 aliphatic rings. The molecule has 0 aliphatic heterocycles. The molecule has 33 heavy (non-hydrogen) atoms. The fourth-order valence-electron chi connectivity index (χ4n) is 2.87. The van der Waals surface area contributed by atoms with E-state index in [1.54, 1.807) is 13.8 Å². The first-order valence-electron chi connectivity index (χ1n) is 11.0. The highest BCUT2D eigenvalue weighted by Crippen LogP contribution is 2.09. The van der Waals surface area contributed by atoms with Crippen LogP contribution in [0.25, 0.3) is 0 Å². The second-order valence-corrected chi connectivity index (χ2v) is 9.69. The van der Waals surface area contributed by atoms with Crippen LogP contribution >= 0.6 is 11.8 Å². The van der Waals surface area contributed by atoms with Crippen molar-refractivity contribution in [3.63, 3.8) is 0 Å². The van der Waals surface area contributed by atoms with Crippen LogP contribution in [0.3, 0.4) is 0 Å². The molecule has 190 valence electrons. The number of rotatable bonds is 16. The number of hydrogen-bond acceptors (Lipinski definition) is 7. The normalized spacial score (nSPS) is 14.8. The summed E-state index contributed by atoms with van der Waals surface area (Å²) in [5.41, 5.74) is 11.1. The maximum Gasteiger partial charge on any atom is 0.326 e. The average Bonchev–Trinajstić information content (AvgIpc) is 2.71. The number of carboxylic acid groups (broad SMARTS) is 1. The van der Waals surface area contributed by atoms with E-state index >= 15 is 0 Å². The predicted octanol–water partition coefficient (Wildman–Crippen LogP) is -0.427. The summed E-state index contributed by atoms with van der Waals surface area (Å²) in [7, 11) is 0. The molecule has 0 saturated carbocycles. The molecule has 0 rings (SSSR count). The van der Waals surface area contributed by atoms with Crippen molar-refractivity contribution in [3.8, 4) is 0 Å². The number of thioether (sulfide) groups is 1. The summed E-state index contributed by atoms with van der Waals surface area (Å²) in [6.45, 7) is 7.30. The fraction of sp³-hybridized carbons (Fsp3) is 0.762. The Morgan fingerprint density at radius 2 is 1.36 bits per heavy atom. The number of nitrogens with one attached hydrogen (secondary N) is 3. The molecule has 11 nitrogen and oxygen atoms in total. The first kappa shape index (κ1) is 30.7. The van der Waals surface area contributed by atoms with Crippen molar-refractivity contribution in [3.05, 3.63) is 0 Å². The van der Waals surface area contributed by atoms with Crippen molar-refractivity contribution in [2.75, 3.05) is 12.0 Å². The lowest BCUT2D eigenvalue weighted by molar-refractivity contribution is -0.142. The number of primary amides is 1. The summed E-state index contributed by atoms with van der Waals surface area (Å²) in [4.78, 5) is 60.9. The number of hydrogen-bond donors (Lipinski definition) is 6. The van der Waals surface area contributed by atoms with E-state index in [0.29, 0.717) is 5.75 Å². The Labute approximate surface area is 199 Å². The summed E-state index contributed by atoms with van der Waals surface area (Å²) in [6.07, 6.45) is 1.98. The van der Waals surface area contributed by atoms with Gasteiger partial charge < -0.3 is 32.5 Å². The Balaban J connectivity index is 5.54. The van der Waals surface area contributed by atoms with E-state index in [0.717, 1.165) is 0 Å². The van der Waals surface area contributed by atoms with Crippen molar-refractivity contribution in [1.82, 2.24) is 16.0 Å². The molecule has 0 aromatic heterocycles. The van der Waals surface area contributed by atoms with Gasteiger partial charge in [-0.3, -0.25) is 19.2 Å². The zero-order chi connectivity index (χ0) is 25.7. The number of carbonyl (C=O) groups is 5. The van der Waals surface area contributed by atoms with Crippen LogP contribution in [-0.2, 0) is 24.0 Å². The van der Waals surface area contributed by atoms with Crippen LogP contribution in [0.4, 0.5) is 0 Å². The smallest absolute Gasteiger partial charge is 0.326 e. The van der Waals surface area contributed by atoms with Crippen molar-refractivity contribution in [2.45, 2.75) is 77.5 Å². The molecule has 4 amide bonds. The van der Waals surface area contributed by atoms with Crippen LogP contribution in [0, 0.1) is 11.8 Å². The van der Waals surface area contributed by atoms with E-state index in [2.05, 4.69) is 16.0 Å². The molecule has 0 heterocycles. The molecule has 0 fully saturated rings. The van der Waals surface area contributed by atoms with Gasteiger partial charge in [0.2, 0.25) is 23.6 Å². The van der Waals surface area contributed by atoms with Crippen LogP contribution in [-0.4, -0.2) is 70.9 Å². The third-order valence-corrected chi connectivity index (χ3v) is 5.54. The Kier molecular flexibility index (Phi) is 14.4. The van der Waals surface area contributed by atoms with Crippen LogP contribution in [0.2, 0.25) is 0 Å². The average molecular weight is 490 g/mol. The molecule has 12 heteroatoms. The van der Waals surface area contributed by atoms with Gasteiger partial charge in [-0.1, -0.05) is 27.7 Å². The Bertz CT molecular complexity index is 688. The van der Waals surface area contributed by atoms with Gasteiger partial charge in [-0.05, 0) is 43.1 Å². The van der Waals surface area contributed by atoms with Gasteiger partial charge in [0.05, 0.1) is 6.04 Å². The van der Waals surface area contributed by atoms with Crippen molar-refractivity contribution in [2.24, 2.45) is 23.3 Å². The molecule has 4 atom stereocenters. The molecule has 8 N–H and O–H groups in total. The van der Waals surface area contributed by atoms with Gasteiger partial charge >= 0.3 is 5.97 Å². The van der Waals surface area contributed by atoms with Crippen molar-refractivity contribution >= 4 is 41.4 Å². The lowest BCUT2D eigenvalue weighted by atomic mass is 10.00. The van der Waals surface area contributed by atoms with E-state index in [1.165, 1.54) is 11.8 Å².